The normalized spacial score (nSPS) is 15.0. The maximum absolute atomic E-state index is 12.9. The summed E-state index contributed by atoms with van der Waals surface area (Å²) in [6.07, 6.45) is 1.97. The van der Waals surface area contributed by atoms with Gasteiger partial charge in [-0.3, -0.25) is 0 Å². The van der Waals surface area contributed by atoms with Crippen LogP contribution in [0.5, 0.6) is 0 Å². The summed E-state index contributed by atoms with van der Waals surface area (Å²) in [4.78, 5) is 12.5. The molecule has 1 aromatic heterocycles. The monoisotopic (exact) mass is 346 g/mol. The van der Waals surface area contributed by atoms with Gasteiger partial charge in [-0.05, 0) is 31.4 Å². The molecule has 2 N–H and O–H groups in total. The standard InChI is InChI=1S/C14H22N2O4S2/c1-3-7-16(8-4-2)22(19,20)14-12(13(17)18)10-5-6-15-9-11(10)21-14/h15H,3-9H2,1-2H3,(H,17,18). The SMILES string of the molecule is CCCN(CCC)S(=O)(=O)c1sc2c(c1C(=O)O)CCNC2. The molecule has 0 saturated carbocycles. The highest BCUT2D eigenvalue weighted by molar-refractivity contribution is 7.91. The highest BCUT2D eigenvalue weighted by Gasteiger charge is 2.34. The van der Waals surface area contributed by atoms with Crippen molar-refractivity contribution in [3.63, 3.8) is 0 Å². The highest BCUT2D eigenvalue weighted by atomic mass is 32.2. The average Bonchev–Trinajstić information content (AvgIpc) is 2.87. The van der Waals surface area contributed by atoms with Crippen LogP contribution in [0.15, 0.2) is 4.21 Å². The summed E-state index contributed by atoms with van der Waals surface area (Å²) in [6.45, 7) is 5.87. The molecule has 0 fully saturated rings. The fourth-order valence-corrected chi connectivity index (χ4v) is 6.30. The van der Waals surface area contributed by atoms with Gasteiger partial charge >= 0.3 is 5.97 Å². The van der Waals surface area contributed by atoms with E-state index in [0.29, 0.717) is 51.0 Å². The number of nitrogens with one attached hydrogen (secondary N) is 1. The quantitative estimate of drug-likeness (QED) is 0.787. The van der Waals surface area contributed by atoms with Crippen molar-refractivity contribution in [3.8, 4) is 0 Å². The Kier molecular flexibility index (Phi) is 5.60. The zero-order valence-electron chi connectivity index (χ0n) is 12.9. The maximum Gasteiger partial charge on any atom is 0.338 e. The Bertz CT molecular complexity index is 646. The van der Waals surface area contributed by atoms with E-state index >= 15 is 0 Å². The molecule has 0 bridgehead atoms. The first-order valence-electron chi connectivity index (χ1n) is 7.52. The molecule has 0 saturated heterocycles. The van der Waals surface area contributed by atoms with Gasteiger partial charge in [0.05, 0.1) is 5.56 Å². The van der Waals surface area contributed by atoms with Gasteiger partial charge in [0.15, 0.2) is 0 Å². The average molecular weight is 346 g/mol. The van der Waals surface area contributed by atoms with Gasteiger partial charge in [-0.25, -0.2) is 13.2 Å². The topological polar surface area (TPSA) is 86.7 Å². The molecule has 0 aliphatic carbocycles. The molecule has 0 unspecified atom stereocenters. The van der Waals surface area contributed by atoms with Crippen LogP contribution >= 0.6 is 11.3 Å². The van der Waals surface area contributed by atoms with E-state index in [0.717, 1.165) is 16.2 Å². The van der Waals surface area contributed by atoms with Gasteiger partial charge in [0, 0.05) is 24.5 Å². The Morgan fingerprint density at radius 3 is 2.50 bits per heavy atom. The van der Waals surface area contributed by atoms with Crippen molar-refractivity contribution in [2.45, 2.75) is 43.9 Å². The molecule has 124 valence electrons. The van der Waals surface area contributed by atoms with Gasteiger partial charge in [-0.2, -0.15) is 4.31 Å². The number of carbonyl (C=O) groups is 1. The molecule has 0 spiro atoms. The summed E-state index contributed by atoms with van der Waals surface area (Å²) < 4.78 is 27.2. The lowest BCUT2D eigenvalue weighted by atomic mass is 10.1. The van der Waals surface area contributed by atoms with Crippen molar-refractivity contribution in [2.24, 2.45) is 0 Å². The zero-order chi connectivity index (χ0) is 16.3. The summed E-state index contributed by atoms with van der Waals surface area (Å²) in [5.74, 6) is -1.15. The first-order valence-corrected chi connectivity index (χ1v) is 9.77. The van der Waals surface area contributed by atoms with E-state index < -0.39 is 16.0 Å². The maximum atomic E-state index is 12.9. The van der Waals surface area contributed by atoms with Crippen LogP contribution < -0.4 is 5.32 Å². The summed E-state index contributed by atoms with van der Waals surface area (Å²) >= 11 is 1.10. The minimum absolute atomic E-state index is 0.00407. The predicted molar refractivity (Wildman–Crippen MR) is 86.0 cm³/mol. The molecule has 2 heterocycles. The molecule has 0 atom stereocenters. The smallest absolute Gasteiger partial charge is 0.338 e. The van der Waals surface area contributed by atoms with Crippen LogP contribution in [0.4, 0.5) is 0 Å². The number of rotatable bonds is 7. The van der Waals surface area contributed by atoms with Crippen molar-refractivity contribution < 1.29 is 18.3 Å². The number of sulfonamides is 1. The largest absolute Gasteiger partial charge is 0.478 e. The fraction of sp³-hybridized carbons (Fsp3) is 0.643. The van der Waals surface area contributed by atoms with Crippen LogP contribution in [-0.4, -0.2) is 43.4 Å². The van der Waals surface area contributed by atoms with Gasteiger partial charge in [0.2, 0.25) is 0 Å². The zero-order valence-corrected chi connectivity index (χ0v) is 14.5. The third-order valence-corrected chi connectivity index (χ3v) is 7.26. The lowest BCUT2D eigenvalue weighted by Gasteiger charge is -2.20. The molecule has 0 aromatic carbocycles. The van der Waals surface area contributed by atoms with E-state index in [4.69, 9.17) is 0 Å². The number of fused-ring (bicyclic) bond motifs is 1. The molecule has 6 nitrogen and oxygen atoms in total. The summed E-state index contributed by atoms with van der Waals surface area (Å²) in [7, 11) is -3.75. The van der Waals surface area contributed by atoms with E-state index in [1.54, 1.807) is 0 Å². The Balaban J connectivity index is 2.54. The van der Waals surface area contributed by atoms with Crippen LogP contribution in [0.1, 0.15) is 47.5 Å². The highest BCUT2D eigenvalue weighted by Crippen LogP contribution is 2.36. The minimum atomic E-state index is -3.75. The van der Waals surface area contributed by atoms with Crippen molar-refractivity contribution >= 4 is 27.3 Å². The predicted octanol–water partition coefficient (Wildman–Crippen LogP) is 1.90. The Morgan fingerprint density at radius 2 is 1.95 bits per heavy atom. The molecule has 1 aromatic rings. The van der Waals surface area contributed by atoms with Crippen LogP contribution in [0, 0.1) is 0 Å². The molecule has 0 amide bonds. The molecular weight excluding hydrogens is 324 g/mol. The second-order valence-corrected chi connectivity index (χ2v) is 8.54. The number of hydrogen-bond donors (Lipinski definition) is 2. The summed E-state index contributed by atoms with van der Waals surface area (Å²) in [6, 6.07) is 0. The van der Waals surface area contributed by atoms with Crippen LogP contribution in [0.3, 0.4) is 0 Å². The van der Waals surface area contributed by atoms with E-state index in [1.165, 1.54) is 4.31 Å². The third kappa shape index (κ3) is 3.19. The lowest BCUT2D eigenvalue weighted by molar-refractivity contribution is 0.0692. The first-order chi connectivity index (χ1) is 10.4. The summed E-state index contributed by atoms with van der Waals surface area (Å²) in [5.41, 5.74) is 0.668. The Labute approximate surface area is 135 Å². The van der Waals surface area contributed by atoms with Gasteiger partial charge < -0.3 is 10.4 Å². The number of thiophene rings is 1. The van der Waals surface area contributed by atoms with Gasteiger partial charge in [0.25, 0.3) is 10.0 Å². The number of carboxylic acid groups (broad SMARTS) is 1. The van der Waals surface area contributed by atoms with Gasteiger partial charge in [-0.1, -0.05) is 13.8 Å². The molecule has 8 heteroatoms. The van der Waals surface area contributed by atoms with Crippen molar-refractivity contribution in [1.82, 2.24) is 9.62 Å². The molecule has 22 heavy (non-hydrogen) atoms. The third-order valence-electron chi connectivity index (χ3n) is 3.63. The van der Waals surface area contributed by atoms with E-state index in [9.17, 15) is 18.3 Å². The van der Waals surface area contributed by atoms with Crippen molar-refractivity contribution in [3.05, 3.63) is 16.0 Å². The van der Waals surface area contributed by atoms with Gasteiger partial charge in [0.1, 0.15) is 4.21 Å². The number of nitrogens with zero attached hydrogens (tertiary/aromatic N) is 1. The van der Waals surface area contributed by atoms with E-state index in [2.05, 4.69) is 5.32 Å². The number of hydrogen-bond acceptors (Lipinski definition) is 5. The van der Waals surface area contributed by atoms with Gasteiger partial charge in [-0.15, -0.1) is 11.3 Å². The molecule has 1 aliphatic rings. The molecule has 1 aliphatic heterocycles. The van der Waals surface area contributed by atoms with E-state index in [-0.39, 0.29) is 9.77 Å². The number of carboxylic acids is 1. The van der Waals surface area contributed by atoms with Crippen molar-refractivity contribution in [1.29, 1.82) is 0 Å². The number of aromatic carboxylic acids is 1. The molecule has 0 radical (unpaired) electrons. The fourth-order valence-electron chi connectivity index (χ4n) is 2.68. The second-order valence-electron chi connectivity index (χ2n) is 5.30. The molecular formula is C14H22N2O4S2. The Morgan fingerprint density at radius 1 is 1.32 bits per heavy atom. The minimum Gasteiger partial charge on any atom is -0.478 e. The first kappa shape index (κ1) is 17.4. The van der Waals surface area contributed by atoms with Crippen LogP contribution in [0.2, 0.25) is 0 Å². The molecule has 2 rings (SSSR count). The van der Waals surface area contributed by atoms with Crippen LogP contribution in [0.25, 0.3) is 0 Å². The summed E-state index contributed by atoms with van der Waals surface area (Å²) in [5, 5.41) is 12.7. The van der Waals surface area contributed by atoms with E-state index in [1.807, 2.05) is 13.8 Å². The lowest BCUT2D eigenvalue weighted by Crippen LogP contribution is -2.33. The van der Waals surface area contributed by atoms with Crippen molar-refractivity contribution in [2.75, 3.05) is 19.6 Å². The Hall–Kier alpha value is -0.960. The second kappa shape index (κ2) is 7.08. The van der Waals surface area contributed by atoms with Crippen LogP contribution in [-0.2, 0) is 23.0 Å².